The van der Waals surface area contributed by atoms with Gasteiger partial charge in [0.1, 0.15) is 5.82 Å². The zero-order valence-corrected chi connectivity index (χ0v) is 16.0. The van der Waals surface area contributed by atoms with Crippen LogP contribution in [0, 0.1) is 0 Å². The second kappa shape index (κ2) is 8.79. The number of piperidine rings is 1. The Morgan fingerprint density at radius 3 is 2.70 bits per heavy atom. The highest BCUT2D eigenvalue weighted by atomic mass is 16.2. The molecule has 0 unspecified atom stereocenters. The zero-order valence-electron chi connectivity index (χ0n) is 16.0. The lowest BCUT2D eigenvalue weighted by Gasteiger charge is -2.33. The molecule has 1 saturated heterocycles. The highest BCUT2D eigenvalue weighted by Crippen LogP contribution is 2.26. The van der Waals surface area contributed by atoms with Crippen LogP contribution in [0.25, 0.3) is 0 Å². The van der Waals surface area contributed by atoms with E-state index in [0.717, 1.165) is 31.8 Å². The van der Waals surface area contributed by atoms with E-state index in [1.807, 2.05) is 29.4 Å². The third-order valence-electron chi connectivity index (χ3n) is 5.04. The minimum atomic E-state index is -0.00944. The van der Waals surface area contributed by atoms with Crippen molar-refractivity contribution in [1.29, 1.82) is 0 Å². The summed E-state index contributed by atoms with van der Waals surface area (Å²) < 4.78 is 2.16. The van der Waals surface area contributed by atoms with E-state index in [0.29, 0.717) is 6.54 Å². The van der Waals surface area contributed by atoms with Crippen LogP contribution in [0.1, 0.15) is 43.0 Å². The van der Waals surface area contributed by atoms with Crippen molar-refractivity contribution < 1.29 is 9.59 Å². The molecule has 0 bridgehead atoms. The van der Waals surface area contributed by atoms with E-state index in [1.165, 1.54) is 10.5 Å². The molecule has 2 amide bonds. The molecule has 0 saturated carbocycles. The molecule has 1 fully saturated rings. The number of pyridine rings is 1. The van der Waals surface area contributed by atoms with Gasteiger partial charge in [-0.3, -0.25) is 14.6 Å². The van der Waals surface area contributed by atoms with E-state index in [9.17, 15) is 9.59 Å². The molecule has 0 radical (unpaired) electrons. The molecule has 0 aliphatic carbocycles. The van der Waals surface area contributed by atoms with Gasteiger partial charge < -0.3 is 14.4 Å². The molecule has 1 aliphatic rings. The summed E-state index contributed by atoms with van der Waals surface area (Å²) in [4.78, 5) is 36.3. The minimum Gasteiger partial charge on any atom is -0.349 e. The van der Waals surface area contributed by atoms with Crippen molar-refractivity contribution in [3.63, 3.8) is 0 Å². The summed E-state index contributed by atoms with van der Waals surface area (Å²) in [5, 5.41) is 0. The summed E-state index contributed by atoms with van der Waals surface area (Å²) in [6.07, 6.45) is 9.93. The Bertz CT molecular complexity index is 772. The lowest BCUT2D eigenvalue weighted by Crippen LogP contribution is -2.40. The predicted molar refractivity (Wildman–Crippen MR) is 102 cm³/mol. The molecule has 1 aliphatic heterocycles. The molecule has 144 valence electrons. The van der Waals surface area contributed by atoms with Crippen LogP contribution in [-0.4, -0.2) is 63.3 Å². The average molecular weight is 369 g/mol. The normalized spacial score (nSPS) is 17.0. The first-order valence-corrected chi connectivity index (χ1v) is 9.42. The number of rotatable bonds is 6. The third kappa shape index (κ3) is 4.93. The van der Waals surface area contributed by atoms with Gasteiger partial charge in [-0.15, -0.1) is 0 Å². The van der Waals surface area contributed by atoms with Crippen molar-refractivity contribution in [3.05, 3.63) is 48.3 Å². The van der Waals surface area contributed by atoms with Gasteiger partial charge in [-0.2, -0.15) is 0 Å². The molecule has 2 aromatic rings. The maximum atomic E-state index is 12.5. The summed E-state index contributed by atoms with van der Waals surface area (Å²) in [6.45, 7) is 2.18. The maximum absolute atomic E-state index is 12.5. The number of hydrogen-bond donors (Lipinski definition) is 0. The number of imidazole rings is 1. The van der Waals surface area contributed by atoms with Gasteiger partial charge in [-0.05, 0) is 30.5 Å². The average Bonchev–Trinajstić information content (AvgIpc) is 3.14. The van der Waals surface area contributed by atoms with Crippen molar-refractivity contribution in [2.75, 3.05) is 27.2 Å². The van der Waals surface area contributed by atoms with Crippen molar-refractivity contribution >= 4 is 11.8 Å². The third-order valence-corrected chi connectivity index (χ3v) is 5.04. The second-order valence-corrected chi connectivity index (χ2v) is 7.24. The molecular formula is C20H27N5O2. The smallest absolute Gasteiger partial charge is 0.223 e. The largest absolute Gasteiger partial charge is 0.349 e. The topological polar surface area (TPSA) is 71.3 Å². The highest BCUT2D eigenvalue weighted by molar-refractivity contribution is 5.83. The van der Waals surface area contributed by atoms with Crippen LogP contribution in [-0.2, 0) is 16.1 Å². The van der Waals surface area contributed by atoms with E-state index >= 15 is 0 Å². The Labute approximate surface area is 160 Å². The molecular weight excluding hydrogens is 342 g/mol. The molecule has 0 spiro atoms. The Kier molecular flexibility index (Phi) is 6.21. The maximum Gasteiger partial charge on any atom is 0.223 e. The monoisotopic (exact) mass is 369 g/mol. The summed E-state index contributed by atoms with van der Waals surface area (Å²) >= 11 is 0. The van der Waals surface area contributed by atoms with Crippen molar-refractivity contribution in [2.45, 2.75) is 38.1 Å². The van der Waals surface area contributed by atoms with Gasteiger partial charge in [-0.1, -0.05) is 0 Å². The summed E-state index contributed by atoms with van der Waals surface area (Å²) in [5.74, 6) is 1.30. The quantitative estimate of drug-likeness (QED) is 0.780. The van der Waals surface area contributed by atoms with Gasteiger partial charge in [0.25, 0.3) is 0 Å². The molecule has 3 heterocycles. The Hall–Kier alpha value is -2.70. The van der Waals surface area contributed by atoms with Crippen LogP contribution in [0.15, 0.2) is 36.9 Å². The van der Waals surface area contributed by atoms with Gasteiger partial charge >= 0.3 is 0 Å². The fourth-order valence-corrected chi connectivity index (χ4v) is 3.51. The van der Waals surface area contributed by atoms with E-state index in [-0.39, 0.29) is 30.6 Å². The molecule has 7 nitrogen and oxygen atoms in total. The molecule has 1 atom stereocenters. The molecule has 7 heteroatoms. The Morgan fingerprint density at radius 1 is 1.19 bits per heavy atom. The van der Waals surface area contributed by atoms with Gasteiger partial charge in [0.05, 0.1) is 0 Å². The molecule has 27 heavy (non-hydrogen) atoms. The van der Waals surface area contributed by atoms with Crippen LogP contribution in [0.5, 0.6) is 0 Å². The number of likely N-dealkylation sites (tertiary alicyclic amines) is 1. The Balaban J connectivity index is 1.62. The van der Waals surface area contributed by atoms with Crippen LogP contribution in [0.4, 0.5) is 0 Å². The first-order valence-electron chi connectivity index (χ1n) is 9.42. The predicted octanol–water partition coefficient (Wildman–Crippen LogP) is 1.90. The number of amides is 2. The summed E-state index contributed by atoms with van der Waals surface area (Å²) in [7, 11) is 3.43. The van der Waals surface area contributed by atoms with Crippen LogP contribution in [0.3, 0.4) is 0 Å². The lowest BCUT2D eigenvalue weighted by atomic mass is 9.96. The molecule has 0 aromatic carbocycles. The zero-order chi connectivity index (χ0) is 19.2. The number of aromatic nitrogens is 3. The Morgan fingerprint density at radius 2 is 1.96 bits per heavy atom. The van der Waals surface area contributed by atoms with E-state index in [4.69, 9.17) is 0 Å². The van der Waals surface area contributed by atoms with Crippen molar-refractivity contribution in [2.24, 2.45) is 0 Å². The fourth-order valence-electron chi connectivity index (χ4n) is 3.51. The van der Waals surface area contributed by atoms with Gasteiger partial charge in [0.15, 0.2) is 0 Å². The lowest BCUT2D eigenvalue weighted by molar-refractivity contribution is -0.136. The number of carbonyl (C=O) groups is 2. The standard InChI is InChI=1S/C20H27N5O2/c1-23(2)18(26)5-6-19(27)24-12-3-4-17(15-24)20-22-11-13-25(20)14-16-7-9-21-10-8-16/h7-11,13,17H,3-6,12,14-15H2,1-2H3/t17-/m1/s1. The first-order chi connectivity index (χ1) is 13.0. The van der Waals surface area contributed by atoms with Crippen molar-refractivity contribution in [3.8, 4) is 0 Å². The highest BCUT2D eigenvalue weighted by Gasteiger charge is 2.27. The number of hydrogen-bond acceptors (Lipinski definition) is 4. The van der Waals surface area contributed by atoms with Gasteiger partial charge in [0.2, 0.25) is 11.8 Å². The first kappa shape index (κ1) is 19.1. The second-order valence-electron chi connectivity index (χ2n) is 7.24. The van der Waals surface area contributed by atoms with Crippen LogP contribution < -0.4 is 0 Å². The SMILES string of the molecule is CN(C)C(=O)CCC(=O)N1CCC[C@@H](c2nccn2Cc2ccncc2)C1. The van der Waals surface area contributed by atoms with E-state index < -0.39 is 0 Å². The van der Waals surface area contributed by atoms with Gasteiger partial charge in [0, 0.05) is 77.3 Å². The van der Waals surface area contributed by atoms with Gasteiger partial charge in [-0.25, -0.2) is 4.98 Å². The van der Waals surface area contributed by atoms with Crippen LogP contribution in [0.2, 0.25) is 0 Å². The van der Waals surface area contributed by atoms with E-state index in [2.05, 4.69) is 14.5 Å². The van der Waals surface area contributed by atoms with Crippen LogP contribution >= 0.6 is 0 Å². The fraction of sp³-hybridized carbons (Fsp3) is 0.500. The summed E-state index contributed by atoms with van der Waals surface area (Å²) in [5.41, 5.74) is 1.18. The summed E-state index contributed by atoms with van der Waals surface area (Å²) in [6, 6.07) is 4.00. The molecule has 0 N–H and O–H groups in total. The molecule has 2 aromatic heterocycles. The van der Waals surface area contributed by atoms with Crippen molar-refractivity contribution in [1.82, 2.24) is 24.3 Å². The molecule has 3 rings (SSSR count). The van der Waals surface area contributed by atoms with E-state index in [1.54, 1.807) is 26.5 Å². The number of nitrogens with zero attached hydrogens (tertiary/aromatic N) is 5. The number of carbonyl (C=O) groups excluding carboxylic acids is 2. The minimum absolute atomic E-state index is 0.00944.